The molecule has 28 heavy (non-hydrogen) atoms. The molecule has 2 rings (SSSR count). The van der Waals surface area contributed by atoms with E-state index in [9.17, 15) is 10.1 Å². The largest absolute Gasteiger partial charge is 0.490 e. The van der Waals surface area contributed by atoms with Gasteiger partial charge >= 0.3 is 0 Å². The highest BCUT2D eigenvalue weighted by atomic mass is 35.5. The SMILES string of the molecule is CCOc1cc(/C=C(/C#N)C(=O)Nc2ccc(C)c(Cl)c2)cc(Cl)c1OCC. The highest BCUT2D eigenvalue weighted by molar-refractivity contribution is 6.32. The van der Waals surface area contributed by atoms with E-state index in [1.807, 2.05) is 26.8 Å². The molecule has 0 unspecified atom stereocenters. The maximum Gasteiger partial charge on any atom is 0.266 e. The standard InChI is InChI=1S/C21H20Cl2N2O3/c1-4-27-19-10-14(9-18(23)20(19)28-5-2)8-15(12-24)21(26)25-16-7-6-13(3)17(22)11-16/h6-11H,4-5H2,1-3H3,(H,25,26)/b15-8-. The summed E-state index contributed by atoms with van der Waals surface area (Å²) >= 11 is 12.4. The molecular formula is C21H20Cl2N2O3. The monoisotopic (exact) mass is 418 g/mol. The van der Waals surface area contributed by atoms with Crippen molar-refractivity contribution in [3.8, 4) is 17.6 Å². The van der Waals surface area contributed by atoms with Gasteiger partial charge in [0.15, 0.2) is 11.5 Å². The Hall–Kier alpha value is -2.68. The molecule has 7 heteroatoms. The maximum absolute atomic E-state index is 12.5. The molecule has 146 valence electrons. The number of halogens is 2. The van der Waals surface area contributed by atoms with Gasteiger partial charge in [-0.1, -0.05) is 29.3 Å². The number of hydrogen-bond donors (Lipinski definition) is 1. The fourth-order valence-corrected chi connectivity index (χ4v) is 2.86. The Balaban J connectivity index is 2.33. The topological polar surface area (TPSA) is 71.3 Å². The van der Waals surface area contributed by atoms with Gasteiger partial charge in [-0.2, -0.15) is 5.26 Å². The molecule has 0 aliphatic rings. The average Bonchev–Trinajstić information content (AvgIpc) is 2.65. The number of nitrogens with zero attached hydrogens (tertiary/aromatic N) is 1. The molecule has 0 aliphatic carbocycles. The lowest BCUT2D eigenvalue weighted by Crippen LogP contribution is -2.13. The van der Waals surface area contributed by atoms with Crippen molar-refractivity contribution in [3.05, 3.63) is 57.1 Å². The third-order valence-electron chi connectivity index (χ3n) is 3.73. The first kappa shape index (κ1) is 21.6. The summed E-state index contributed by atoms with van der Waals surface area (Å²) in [5, 5.41) is 12.9. The summed E-state index contributed by atoms with van der Waals surface area (Å²) in [6.07, 6.45) is 1.44. The molecule has 2 aromatic rings. The van der Waals surface area contributed by atoms with Crippen LogP contribution in [-0.2, 0) is 4.79 Å². The van der Waals surface area contributed by atoms with E-state index in [4.69, 9.17) is 32.7 Å². The van der Waals surface area contributed by atoms with Crippen LogP contribution in [0.3, 0.4) is 0 Å². The highest BCUT2D eigenvalue weighted by Gasteiger charge is 2.14. The molecule has 0 heterocycles. The molecule has 0 atom stereocenters. The quantitative estimate of drug-likeness (QED) is 0.465. The smallest absolute Gasteiger partial charge is 0.266 e. The van der Waals surface area contributed by atoms with Crippen LogP contribution in [0, 0.1) is 18.3 Å². The first-order valence-electron chi connectivity index (χ1n) is 8.68. The van der Waals surface area contributed by atoms with Crippen molar-refractivity contribution in [1.82, 2.24) is 0 Å². The molecule has 0 aromatic heterocycles. The van der Waals surface area contributed by atoms with Crippen LogP contribution in [-0.4, -0.2) is 19.1 Å². The number of aryl methyl sites for hydroxylation is 1. The molecule has 1 N–H and O–H groups in total. The highest BCUT2D eigenvalue weighted by Crippen LogP contribution is 2.37. The van der Waals surface area contributed by atoms with E-state index in [1.165, 1.54) is 6.08 Å². The number of carbonyl (C=O) groups excluding carboxylic acids is 1. The van der Waals surface area contributed by atoms with Crippen molar-refractivity contribution in [2.75, 3.05) is 18.5 Å². The zero-order valence-electron chi connectivity index (χ0n) is 15.8. The van der Waals surface area contributed by atoms with Crippen molar-refractivity contribution in [1.29, 1.82) is 5.26 Å². The van der Waals surface area contributed by atoms with Gasteiger partial charge in [-0.25, -0.2) is 0 Å². The number of benzene rings is 2. The Kier molecular flexibility index (Phi) is 7.74. The normalized spacial score (nSPS) is 10.9. The van der Waals surface area contributed by atoms with Gasteiger partial charge in [-0.15, -0.1) is 0 Å². The molecule has 2 aromatic carbocycles. The van der Waals surface area contributed by atoms with Crippen LogP contribution in [0.4, 0.5) is 5.69 Å². The number of amides is 1. The third kappa shape index (κ3) is 5.41. The summed E-state index contributed by atoms with van der Waals surface area (Å²) in [6.45, 7) is 6.39. The Bertz CT molecular complexity index is 949. The third-order valence-corrected chi connectivity index (χ3v) is 4.41. The number of ether oxygens (including phenoxy) is 2. The summed E-state index contributed by atoms with van der Waals surface area (Å²) in [4.78, 5) is 12.5. The van der Waals surface area contributed by atoms with Gasteiger partial charge in [0.2, 0.25) is 0 Å². The summed E-state index contributed by atoms with van der Waals surface area (Å²) in [5.41, 5.74) is 1.86. The van der Waals surface area contributed by atoms with Crippen LogP contribution in [0.5, 0.6) is 11.5 Å². The van der Waals surface area contributed by atoms with Crippen LogP contribution < -0.4 is 14.8 Å². The molecule has 0 bridgehead atoms. The van der Waals surface area contributed by atoms with E-state index in [0.717, 1.165) is 5.56 Å². The van der Waals surface area contributed by atoms with Crippen LogP contribution in [0.25, 0.3) is 6.08 Å². The van der Waals surface area contributed by atoms with Gasteiger partial charge in [0.05, 0.1) is 18.2 Å². The number of hydrogen-bond acceptors (Lipinski definition) is 4. The fourth-order valence-electron chi connectivity index (χ4n) is 2.40. The predicted molar refractivity (Wildman–Crippen MR) is 112 cm³/mol. The summed E-state index contributed by atoms with van der Waals surface area (Å²) in [6, 6.07) is 10.3. The van der Waals surface area contributed by atoms with Gasteiger partial charge in [0.25, 0.3) is 5.91 Å². The van der Waals surface area contributed by atoms with Crippen molar-refractivity contribution < 1.29 is 14.3 Å². The molecule has 1 amide bonds. The van der Waals surface area contributed by atoms with E-state index in [0.29, 0.717) is 46.0 Å². The predicted octanol–water partition coefficient (Wildman–Crippen LogP) is 5.64. The van der Waals surface area contributed by atoms with Gasteiger partial charge < -0.3 is 14.8 Å². The second kappa shape index (κ2) is 10.0. The van der Waals surface area contributed by atoms with Gasteiger partial charge in [0.1, 0.15) is 11.6 Å². The van der Waals surface area contributed by atoms with E-state index < -0.39 is 5.91 Å². The number of nitrogens with one attached hydrogen (secondary N) is 1. The van der Waals surface area contributed by atoms with Crippen molar-refractivity contribution >= 4 is 40.9 Å². The number of nitriles is 1. The number of anilines is 1. The lowest BCUT2D eigenvalue weighted by atomic mass is 10.1. The summed E-state index contributed by atoms with van der Waals surface area (Å²) in [5.74, 6) is 0.330. The average molecular weight is 419 g/mol. The molecule has 0 saturated heterocycles. The van der Waals surface area contributed by atoms with Crippen molar-refractivity contribution in [2.24, 2.45) is 0 Å². The first-order chi connectivity index (χ1) is 13.4. The zero-order valence-corrected chi connectivity index (χ0v) is 17.3. The molecule has 5 nitrogen and oxygen atoms in total. The maximum atomic E-state index is 12.5. The lowest BCUT2D eigenvalue weighted by Gasteiger charge is -2.13. The van der Waals surface area contributed by atoms with Crippen molar-refractivity contribution in [3.63, 3.8) is 0 Å². The van der Waals surface area contributed by atoms with Crippen molar-refractivity contribution in [2.45, 2.75) is 20.8 Å². The summed E-state index contributed by atoms with van der Waals surface area (Å²) < 4.78 is 11.1. The first-order valence-corrected chi connectivity index (χ1v) is 9.43. The van der Waals surface area contributed by atoms with E-state index >= 15 is 0 Å². The van der Waals surface area contributed by atoms with Crippen LogP contribution >= 0.6 is 23.2 Å². The van der Waals surface area contributed by atoms with Crippen LogP contribution in [0.15, 0.2) is 35.9 Å². The van der Waals surface area contributed by atoms with E-state index in [1.54, 1.807) is 30.3 Å². The lowest BCUT2D eigenvalue weighted by molar-refractivity contribution is -0.112. The molecular weight excluding hydrogens is 399 g/mol. The number of rotatable bonds is 7. The Morgan fingerprint density at radius 3 is 2.46 bits per heavy atom. The second-order valence-electron chi connectivity index (χ2n) is 5.78. The molecule has 0 aliphatic heterocycles. The minimum atomic E-state index is -0.551. The fraction of sp³-hybridized carbons (Fsp3) is 0.238. The van der Waals surface area contributed by atoms with E-state index in [-0.39, 0.29) is 5.57 Å². The number of carbonyl (C=O) groups is 1. The molecule has 0 fully saturated rings. The van der Waals surface area contributed by atoms with Gasteiger partial charge in [-0.05, 0) is 62.2 Å². The zero-order chi connectivity index (χ0) is 20.7. The minimum Gasteiger partial charge on any atom is -0.490 e. The van der Waals surface area contributed by atoms with Gasteiger partial charge in [0, 0.05) is 10.7 Å². The Morgan fingerprint density at radius 1 is 1.14 bits per heavy atom. The second-order valence-corrected chi connectivity index (χ2v) is 6.60. The minimum absolute atomic E-state index is 0.0839. The molecule has 0 saturated carbocycles. The van der Waals surface area contributed by atoms with Crippen LogP contribution in [0.1, 0.15) is 25.0 Å². The van der Waals surface area contributed by atoms with Crippen LogP contribution in [0.2, 0.25) is 10.0 Å². The Morgan fingerprint density at radius 2 is 1.86 bits per heavy atom. The van der Waals surface area contributed by atoms with E-state index in [2.05, 4.69) is 5.32 Å². The van der Waals surface area contributed by atoms with Gasteiger partial charge in [-0.3, -0.25) is 4.79 Å². The summed E-state index contributed by atoms with van der Waals surface area (Å²) in [7, 11) is 0. The molecule has 0 radical (unpaired) electrons. The Labute approximate surface area is 174 Å². The molecule has 0 spiro atoms.